The van der Waals surface area contributed by atoms with Crippen molar-refractivity contribution >= 4 is 11.8 Å². The zero-order chi connectivity index (χ0) is 15.3. The molecule has 1 aliphatic rings. The van der Waals surface area contributed by atoms with Gasteiger partial charge in [-0.2, -0.15) is 0 Å². The summed E-state index contributed by atoms with van der Waals surface area (Å²) in [6.45, 7) is 12.2. The number of carbonyl (C=O) groups is 2. The Bertz CT molecular complexity index is 345. The lowest BCUT2D eigenvalue weighted by Crippen LogP contribution is -2.48. The zero-order valence-electron chi connectivity index (χ0n) is 13.7. The number of nitrogens with zero attached hydrogens (tertiary/aromatic N) is 1. The second-order valence-electron chi connectivity index (χ2n) is 7.31. The quantitative estimate of drug-likeness (QED) is 0.861. The highest BCUT2D eigenvalue weighted by atomic mass is 16.2. The van der Waals surface area contributed by atoms with Crippen LogP contribution in [0.4, 0.5) is 0 Å². The monoisotopic (exact) mass is 282 g/mol. The van der Waals surface area contributed by atoms with E-state index in [2.05, 4.69) is 19.2 Å². The molecule has 0 aromatic rings. The van der Waals surface area contributed by atoms with E-state index in [1.807, 2.05) is 25.7 Å². The van der Waals surface area contributed by atoms with E-state index in [0.29, 0.717) is 12.5 Å². The third-order valence-electron chi connectivity index (χ3n) is 3.74. The number of piperidine rings is 1. The van der Waals surface area contributed by atoms with Crippen molar-refractivity contribution in [1.29, 1.82) is 0 Å². The summed E-state index contributed by atoms with van der Waals surface area (Å²) in [5.41, 5.74) is -0.365. The molecule has 1 N–H and O–H groups in total. The Morgan fingerprint density at radius 3 is 2.50 bits per heavy atom. The summed E-state index contributed by atoms with van der Waals surface area (Å²) in [6.07, 6.45) is 2.81. The number of amides is 2. The van der Waals surface area contributed by atoms with Crippen LogP contribution < -0.4 is 5.32 Å². The maximum absolute atomic E-state index is 12.3. The standard InChI is InChI=1S/C16H30N2O2/c1-12(2)8-9-17-14(19)13-7-6-10-18(11-13)15(20)16(3,4)5/h12-13H,6-11H2,1-5H3,(H,17,19)/t13-/m0/s1. The SMILES string of the molecule is CC(C)CCNC(=O)[C@H]1CCCN(C(=O)C(C)(C)C)C1. The Balaban J connectivity index is 2.48. The van der Waals surface area contributed by atoms with Gasteiger partial charge in [0.1, 0.15) is 0 Å². The van der Waals surface area contributed by atoms with Crippen molar-refractivity contribution in [3.8, 4) is 0 Å². The third-order valence-corrected chi connectivity index (χ3v) is 3.74. The summed E-state index contributed by atoms with van der Waals surface area (Å²) in [6, 6.07) is 0. The van der Waals surface area contributed by atoms with Gasteiger partial charge in [-0.15, -0.1) is 0 Å². The lowest BCUT2D eigenvalue weighted by molar-refractivity contribution is -0.142. The molecular weight excluding hydrogens is 252 g/mol. The molecule has 1 atom stereocenters. The van der Waals surface area contributed by atoms with Crippen LogP contribution in [0.2, 0.25) is 0 Å². The summed E-state index contributed by atoms with van der Waals surface area (Å²) < 4.78 is 0. The van der Waals surface area contributed by atoms with E-state index >= 15 is 0 Å². The summed E-state index contributed by atoms with van der Waals surface area (Å²) in [5.74, 6) is 0.817. The van der Waals surface area contributed by atoms with Gasteiger partial charge in [-0.3, -0.25) is 9.59 Å². The van der Waals surface area contributed by atoms with E-state index in [0.717, 1.165) is 32.4 Å². The van der Waals surface area contributed by atoms with Crippen molar-refractivity contribution in [1.82, 2.24) is 10.2 Å². The Kier molecular flexibility index (Phi) is 6.03. The first-order valence-electron chi connectivity index (χ1n) is 7.79. The largest absolute Gasteiger partial charge is 0.356 e. The zero-order valence-corrected chi connectivity index (χ0v) is 13.7. The number of hydrogen-bond donors (Lipinski definition) is 1. The molecule has 4 nitrogen and oxygen atoms in total. The van der Waals surface area contributed by atoms with Gasteiger partial charge in [0.05, 0.1) is 5.92 Å². The second-order valence-corrected chi connectivity index (χ2v) is 7.31. The Morgan fingerprint density at radius 1 is 1.30 bits per heavy atom. The highest BCUT2D eigenvalue weighted by Crippen LogP contribution is 2.23. The van der Waals surface area contributed by atoms with Crippen molar-refractivity contribution in [2.45, 2.75) is 53.9 Å². The molecule has 4 heteroatoms. The molecule has 0 spiro atoms. The van der Waals surface area contributed by atoms with Crippen LogP contribution in [0.3, 0.4) is 0 Å². The van der Waals surface area contributed by atoms with Gasteiger partial charge in [0, 0.05) is 25.0 Å². The van der Waals surface area contributed by atoms with Gasteiger partial charge >= 0.3 is 0 Å². The van der Waals surface area contributed by atoms with Crippen LogP contribution in [0, 0.1) is 17.3 Å². The van der Waals surface area contributed by atoms with Gasteiger partial charge in [0.2, 0.25) is 11.8 Å². The first-order valence-corrected chi connectivity index (χ1v) is 7.79. The van der Waals surface area contributed by atoms with E-state index in [-0.39, 0.29) is 23.1 Å². The van der Waals surface area contributed by atoms with Gasteiger partial charge < -0.3 is 10.2 Å². The van der Waals surface area contributed by atoms with Crippen molar-refractivity contribution in [3.05, 3.63) is 0 Å². The predicted molar refractivity (Wildman–Crippen MR) is 81.2 cm³/mol. The van der Waals surface area contributed by atoms with Crippen LogP contribution in [0.5, 0.6) is 0 Å². The minimum Gasteiger partial charge on any atom is -0.356 e. The van der Waals surface area contributed by atoms with E-state index in [1.165, 1.54) is 0 Å². The van der Waals surface area contributed by atoms with Crippen molar-refractivity contribution < 1.29 is 9.59 Å². The summed E-state index contributed by atoms with van der Waals surface area (Å²) in [4.78, 5) is 26.3. The van der Waals surface area contributed by atoms with Gasteiger partial charge in [0.15, 0.2) is 0 Å². The Hall–Kier alpha value is -1.06. The van der Waals surface area contributed by atoms with Gasteiger partial charge in [-0.1, -0.05) is 34.6 Å². The normalized spacial score (nSPS) is 20.1. The molecule has 0 unspecified atom stereocenters. The van der Waals surface area contributed by atoms with E-state index in [1.54, 1.807) is 0 Å². The molecule has 116 valence electrons. The van der Waals surface area contributed by atoms with Crippen LogP contribution in [0.15, 0.2) is 0 Å². The molecule has 0 saturated carbocycles. The Labute approximate surface area is 123 Å². The van der Waals surface area contributed by atoms with Crippen LogP contribution in [-0.4, -0.2) is 36.3 Å². The van der Waals surface area contributed by atoms with Gasteiger partial charge in [-0.25, -0.2) is 0 Å². The summed E-state index contributed by atoms with van der Waals surface area (Å²) in [7, 11) is 0. The fourth-order valence-corrected chi connectivity index (χ4v) is 2.48. The fourth-order valence-electron chi connectivity index (χ4n) is 2.48. The molecule has 1 heterocycles. The highest BCUT2D eigenvalue weighted by Gasteiger charge is 2.33. The summed E-state index contributed by atoms with van der Waals surface area (Å²) >= 11 is 0. The average molecular weight is 282 g/mol. The number of rotatable bonds is 4. The van der Waals surface area contributed by atoms with E-state index in [9.17, 15) is 9.59 Å². The molecular formula is C16H30N2O2. The highest BCUT2D eigenvalue weighted by molar-refractivity contribution is 5.83. The summed E-state index contributed by atoms with van der Waals surface area (Å²) in [5, 5.41) is 3.01. The Morgan fingerprint density at radius 2 is 1.95 bits per heavy atom. The second kappa shape index (κ2) is 7.09. The first kappa shape index (κ1) is 17.0. The molecule has 1 fully saturated rings. The smallest absolute Gasteiger partial charge is 0.227 e. The molecule has 1 rings (SSSR count). The molecule has 1 saturated heterocycles. The number of likely N-dealkylation sites (tertiary alicyclic amines) is 1. The van der Waals surface area contributed by atoms with E-state index in [4.69, 9.17) is 0 Å². The lowest BCUT2D eigenvalue weighted by Gasteiger charge is -2.35. The van der Waals surface area contributed by atoms with Crippen LogP contribution in [-0.2, 0) is 9.59 Å². The minimum atomic E-state index is -0.365. The van der Waals surface area contributed by atoms with Crippen LogP contribution >= 0.6 is 0 Å². The van der Waals surface area contributed by atoms with Gasteiger partial charge in [-0.05, 0) is 25.2 Å². The first-order chi connectivity index (χ1) is 9.21. The fraction of sp³-hybridized carbons (Fsp3) is 0.875. The van der Waals surface area contributed by atoms with Crippen LogP contribution in [0.1, 0.15) is 53.9 Å². The van der Waals surface area contributed by atoms with Crippen molar-refractivity contribution in [2.24, 2.45) is 17.3 Å². The lowest BCUT2D eigenvalue weighted by atomic mass is 9.91. The minimum absolute atomic E-state index is 0.0396. The molecule has 0 aromatic carbocycles. The molecule has 0 bridgehead atoms. The molecule has 0 aromatic heterocycles. The molecule has 0 radical (unpaired) electrons. The number of hydrogen-bond acceptors (Lipinski definition) is 2. The van der Waals surface area contributed by atoms with Gasteiger partial charge in [0.25, 0.3) is 0 Å². The van der Waals surface area contributed by atoms with Crippen LogP contribution in [0.25, 0.3) is 0 Å². The number of nitrogens with one attached hydrogen (secondary N) is 1. The molecule has 2 amide bonds. The molecule has 0 aliphatic carbocycles. The number of carbonyl (C=O) groups excluding carboxylic acids is 2. The third kappa shape index (κ3) is 5.14. The maximum Gasteiger partial charge on any atom is 0.227 e. The van der Waals surface area contributed by atoms with Crippen molar-refractivity contribution in [3.63, 3.8) is 0 Å². The van der Waals surface area contributed by atoms with Crippen molar-refractivity contribution in [2.75, 3.05) is 19.6 Å². The molecule has 1 aliphatic heterocycles. The average Bonchev–Trinajstić information content (AvgIpc) is 2.36. The topological polar surface area (TPSA) is 49.4 Å². The maximum atomic E-state index is 12.3. The molecule has 20 heavy (non-hydrogen) atoms. The van der Waals surface area contributed by atoms with E-state index < -0.39 is 0 Å². The predicted octanol–water partition coefficient (Wildman–Crippen LogP) is 2.43.